The number of hydrogen-bond acceptors (Lipinski definition) is 3. The summed E-state index contributed by atoms with van der Waals surface area (Å²) in [7, 11) is 0. The second kappa shape index (κ2) is 8.78. The molecule has 2 rings (SSSR count). The first kappa shape index (κ1) is 16.0. The van der Waals surface area contributed by atoms with Crippen molar-refractivity contribution >= 4 is 5.91 Å². The minimum absolute atomic E-state index is 0.107. The average Bonchev–Trinajstić information content (AvgIpc) is 2.54. The van der Waals surface area contributed by atoms with Gasteiger partial charge in [-0.05, 0) is 63.0 Å². The summed E-state index contributed by atoms with van der Waals surface area (Å²) in [6.45, 7) is 5.56. The Morgan fingerprint density at radius 1 is 1.29 bits per heavy atom. The molecule has 2 heterocycles. The molecule has 0 aromatic carbocycles. The van der Waals surface area contributed by atoms with Crippen molar-refractivity contribution in [2.45, 2.75) is 51.5 Å². The van der Waals surface area contributed by atoms with E-state index in [1.54, 1.807) is 12.4 Å². The number of piperidine rings is 1. The van der Waals surface area contributed by atoms with Gasteiger partial charge in [0.15, 0.2) is 0 Å². The third-order valence-electron chi connectivity index (χ3n) is 4.18. The number of amides is 1. The van der Waals surface area contributed by atoms with E-state index in [4.69, 9.17) is 0 Å². The predicted octanol–water partition coefficient (Wildman–Crippen LogP) is 2.92. The molecule has 4 nitrogen and oxygen atoms in total. The molecule has 0 bridgehead atoms. The van der Waals surface area contributed by atoms with Crippen molar-refractivity contribution in [2.24, 2.45) is 0 Å². The highest BCUT2D eigenvalue weighted by molar-refractivity contribution is 5.76. The van der Waals surface area contributed by atoms with Gasteiger partial charge in [0.2, 0.25) is 5.91 Å². The molecule has 1 aromatic rings. The zero-order valence-electron chi connectivity index (χ0n) is 13.1. The van der Waals surface area contributed by atoms with E-state index in [2.05, 4.69) is 22.1 Å². The lowest BCUT2D eigenvalue weighted by Gasteiger charge is -2.26. The maximum Gasteiger partial charge on any atom is 0.220 e. The van der Waals surface area contributed by atoms with Gasteiger partial charge >= 0.3 is 0 Å². The maximum atomic E-state index is 12.1. The highest BCUT2D eigenvalue weighted by Crippen LogP contribution is 2.15. The molecular weight excluding hydrogens is 262 g/mol. The maximum absolute atomic E-state index is 12.1. The quantitative estimate of drug-likeness (QED) is 0.839. The van der Waals surface area contributed by atoms with Crippen LogP contribution < -0.4 is 5.32 Å². The lowest BCUT2D eigenvalue weighted by atomic mass is 10.1. The molecule has 1 saturated heterocycles. The highest BCUT2D eigenvalue weighted by atomic mass is 16.1. The molecule has 1 amide bonds. The van der Waals surface area contributed by atoms with Gasteiger partial charge in [-0.15, -0.1) is 0 Å². The molecule has 0 unspecified atom stereocenters. The van der Waals surface area contributed by atoms with Crippen LogP contribution in [-0.2, 0) is 4.79 Å². The Morgan fingerprint density at radius 2 is 2.00 bits per heavy atom. The Morgan fingerprint density at radius 3 is 2.67 bits per heavy atom. The summed E-state index contributed by atoms with van der Waals surface area (Å²) in [6.07, 6.45) is 10.0. The third kappa shape index (κ3) is 5.46. The van der Waals surface area contributed by atoms with E-state index in [1.165, 1.54) is 32.4 Å². The second-order valence-corrected chi connectivity index (χ2v) is 5.81. The summed E-state index contributed by atoms with van der Waals surface area (Å²) in [5.41, 5.74) is 1.14. The zero-order valence-corrected chi connectivity index (χ0v) is 13.1. The molecule has 0 aliphatic carbocycles. The van der Waals surface area contributed by atoms with Crippen LogP contribution in [0, 0.1) is 0 Å². The summed E-state index contributed by atoms with van der Waals surface area (Å²) in [5.74, 6) is 0.163. The number of hydrogen-bond donors (Lipinski definition) is 1. The van der Waals surface area contributed by atoms with Gasteiger partial charge in [0.05, 0.1) is 6.04 Å². The minimum atomic E-state index is 0.107. The highest BCUT2D eigenvalue weighted by Gasteiger charge is 2.13. The van der Waals surface area contributed by atoms with E-state index in [0.29, 0.717) is 6.42 Å². The fraction of sp³-hybridized carbons (Fsp3) is 0.647. The van der Waals surface area contributed by atoms with Crippen LogP contribution in [0.3, 0.4) is 0 Å². The van der Waals surface area contributed by atoms with Gasteiger partial charge in [-0.2, -0.15) is 0 Å². The zero-order chi connectivity index (χ0) is 14.9. The number of rotatable bonds is 7. The number of aromatic nitrogens is 1. The van der Waals surface area contributed by atoms with Crippen LogP contribution >= 0.6 is 0 Å². The van der Waals surface area contributed by atoms with Gasteiger partial charge in [-0.3, -0.25) is 9.78 Å². The van der Waals surface area contributed by atoms with Crippen molar-refractivity contribution in [3.63, 3.8) is 0 Å². The van der Waals surface area contributed by atoms with Crippen molar-refractivity contribution < 1.29 is 4.79 Å². The van der Waals surface area contributed by atoms with E-state index in [0.717, 1.165) is 24.9 Å². The first-order valence-corrected chi connectivity index (χ1v) is 8.21. The normalized spacial score (nSPS) is 17.4. The molecule has 1 N–H and O–H groups in total. The first-order chi connectivity index (χ1) is 10.3. The number of pyridine rings is 1. The molecule has 1 aliphatic rings. The van der Waals surface area contributed by atoms with Crippen LogP contribution in [0.4, 0.5) is 0 Å². The fourth-order valence-corrected chi connectivity index (χ4v) is 2.93. The minimum Gasteiger partial charge on any atom is -0.349 e. The number of nitrogens with zero attached hydrogens (tertiary/aromatic N) is 2. The van der Waals surface area contributed by atoms with Gasteiger partial charge in [-0.1, -0.05) is 13.3 Å². The van der Waals surface area contributed by atoms with Crippen LogP contribution in [0.15, 0.2) is 24.5 Å². The lowest BCUT2D eigenvalue weighted by Crippen LogP contribution is -2.32. The molecule has 1 aliphatic heterocycles. The predicted molar refractivity (Wildman–Crippen MR) is 84.9 cm³/mol. The van der Waals surface area contributed by atoms with Crippen molar-refractivity contribution in [1.29, 1.82) is 0 Å². The first-order valence-electron chi connectivity index (χ1n) is 8.21. The van der Waals surface area contributed by atoms with E-state index >= 15 is 0 Å². The van der Waals surface area contributed by atoms with Crippen LogP contribution in [-0.4, -0.2) is 35.4 Å². The number of nitrogens with one attached hydrogen (secondary N) is 1. The monoisotopic (exact) mass is 289 g/mol. The topological polar surface area (TPSA) is 45.2 Å². The summed E-state index contributed by atoms with van der Waals surface area (Å²) in [5, 5.41) is 3.14. The molecule has 0 radical (unpaired) electrons. The molecule has 1 atom stereocenters. The molecule has 1 fully saturated rings. The largest absolute Gasteiger partial charge is 0.349 e. The van der Waals surface area contributed by atoms with Gasteiger partial charge in [0.1, 0.15) is 0 Å². The average molecular weight is 289 g/mol. The van der Waals surface area contributed by atoms with Crippen LogP contribution in [0.2, 0.25) is 0 Å². The van der Waals surface area contributed by atoms with E-state index in [-0.39, 0.29) is 11.9 Å². The summed E-state index contributed by atoms with van der Waals surface area (Å²) in [4.78, 5) is 18.6. The Balaban J connectivity index is 1.70. The Hall–Kier alpha value is -1.42. The van der Waals surface area contributed by atoms with Crippen molar-refractivity contribution in [3.8, 4) is 0 Å². The lowest BCUT2D eigenvalue weighted by molar-refractivity contribution is -0.122. The van der Waals surface area contributed by atoms with Crippen LogP contribution in [0.5, 0.6) is 0 Å². The second-order valence-electron chi connectivity index (χ2n) is 5.81. The molecule has 116 valence electrons. The van der Waals surface area contributed by atoms with Crippen molar-refractivity contribution in [1.82, 2.24) is 15.2 Å². The van der Waals surface area contributed by atoms with E-state index in [1.807, 2.05) is 12.1 Å². The summed E-state index contributed by atoms with van der Waals surface area (Å²) < 4.78 is 0. The molecule has 21 heavy (non-hydrogen) atoms. The number of carbonyl (C=O) groups excluding carboxylic acids is 1. The molecular formula is C17H27N3O. The van der Waals surface area contributed by atoms with Gasteiger partial charge in [0.25, 0.3) is 0 Å². The van der Waals surface area contributed by atoms with Gasteiger partial charge < -0.3 is 10.2 Å². The van der Waals surface area contributed by atoms with E-state index in [9.17, 15) is 4.79 Å². The van der Waals surface area contributed by atoms with Gasteiger partial charge in [0, 0.05) is 18.8 Å². The third-order valence-corrected chi connectivity index (χ3v) is 4.18. The Kier molecular flexibility index (Phi) is 6.67. The van der Waals surface area contributed by atoms with Crippen molar-refractivity contribution in [2.75, 3.05) is 19.6 Å². The van der Waals surface area contributed by atoms with Crippen LogP contribution in [0.25, 0.3) is 0 Å². The fourth-order valence-electron chi connectivity index (χ4n) is 2.93. The molecule has 0 saturated carbocycles. The smallest absolute Gasteiger partial charge is 0.220 e. The number of likely N-dealkylation sites (tertiary alicyclic amines) is 1. The molecule has 4 heteroatoms. The Labute approximate surface area is 127 Å². The molecule has 1 aromatic heterocycles. The van der Waals surface area contributed by atoms with Crippen molar-refractivity contribution in [3.05, 3.63) is 30.1 Å². The standard InChI is InChI=1S/C17H27N3O/c1-2-16(15-8-10-18-11-9-15)19-17(21)7-6-14-20-12-4-3-5-13-20/h8-11,16H,2-7,12-14H2,1H3,(H,19,21)/t16-/m1/s1. The Bertz CT molecular complexity index is 415. The van der Waals surface area contributed by atoms with Crippen LogP contribution in [0.1, 0.15) is 57.1 Å². The van der Waals surface area contributed by atoms with E-state index < -0.39 is 0 Å². The number of carbonyl (C=O) groups is 1. The summed E-state index contributed by atoms with van der Waals surface area (Å²) in [6, 6.07) is 4.06. The summed E-state index contributed by atoms with van der Waals surface area (Å²) >= 11 is 0. The SMILES string of the molecule is CC[C@@H](NC(=O)CCCN1CCCCC1)c1ccncc1. The van der Waals surface area contributed by atoms with Gasteiger partial charge in [-0.25, -0.2) is 0 Å². The molecule has 0 spiro atoms.